The van der Waals surface area contributed by atoms with Gasteiger partial charge >= 0.3 is 0 Å². The molecule has 0 aromatic heterocycles. The van der Waals surface area contributed by atoms with Crippen molar-refractivity contribution in [3.63, 3.8) is 0 Å². The number of ketones is 1. The summed E-state index contributed by atoms with van der Waals surface area (Å²) < 4.78 is 0. The molecule has 1 aromatic rings. The molecule has 1 aliphatic rings. The van der Waals surface area contributed by atoms with Crippen molar-refractivity contribution in [2.45, 2.75) is 0 Å². The van der Waals surface area contributed by atoms with Gasteiger partial charge in [-0.3, -0.25) is 4.79 Å². The Morgan fingerprint density at radius 3 is 2.85 bits per heavy atom. The van der Waals surface area contributed by atoms with E-state index in [1.807, 2.05) is 18.2 Å². The van der Waals surface area contributed by atoms with Crippen LogP contribution in [0.5, 0.6) is 0 Å². The van der Waals surface area contributed by atoms with Crippen molar-refractivity contribution in [2.75, 3.05) is 0 Å². The van der Waals surface area contributed by atoms with Gasteiger partial charge in [0.15, 0.2) is 0 Å². The zero-order valence-electron chi connectivity index (χ0n) is 6.95. The SMILES string of the molecule is C=C=CC1=Nc2ccccc2C1=O. The van der Waals surface area contributed by atoms with Crippen molar-refractivity contribution >= 4 is 17.2 Å². The highest BCUT2D eigenvalue weighted by molar-refractivity contribution is 6.53. The summed E-state index contributed by atoms with van der Waals surface area (Å²) in [5.41, 5.74) is 4.35. The molecule has 0 unspecified atom stereocenters. The zero-order valence-corrected chi connectivity index (χ0v) is 6.95. The molecule has 0 saturated carbocycles. The number of Topliss-reactive ketones (excluding diaryl/α,β-unsaturated/α-hetero) is 1. The second kappa shape index (κ2) is 2.85. The zero-order chi connectivity index (χ0) is 9.26. The molecule has 0 atom stereocenters. The molecule has 2 nitrogen and oxygen atoms in total. The average molecular weight is 169 g/mol. The number of fused-ring (bicyclic) bond motifs is 1. The molecule has 0 amide bonds. The van der Waals surface area contributed by atoms with E-state index in [9.17, 15) is 4.79 Å². The minimum atomic E-state index is -0.0493. The van der Waals surface area contributed by atoms with Crippen LogP contribution in [-0.2, 0) is 0 Å². The van der Waals surface area contributed by atoms with Gasteiger partial charge in [0.1, 0.15) is 5.71 Å². The lowest BCUT2D eigenvalue weighted by Gasteiger charge is -1.90. The van der Waals surface area contributed by atoms with Gasteiger partial charge < -0.3 is 0 Å². The average Bonchev–Trinajstić information content (AvgIpc) is 2.46. The van der Waals surface area contributed by atoms with E-state index in [0.29, 0.717) is 11.3 Å². The topological polar surface area (TPSA) is 29.4 Å². The first-order valence-corrected chi connectivity index (χ1v) is 3.91. The largest absolute Gasteiger partial charge is 0.287 e. The highest BCUT2D eigenvalue weighted by Crippen LogP contribution is 2.25. The Labute approximate surface area is 75.9 Å². The molecule has 2 rings (SSSR count). The fourth-order valence-corrected chi connectivity index (χ4v) is 1.28. The lowest BCUT2D eigenvalue weighted by Crippen LogP contribution is -2.05. The summed E-state index contributed by atoms with van der Waals surface area (Å²) in [7, 11) is 0. The number of carbonyl (C=O) groups is 1. The third-order valence-electron chi connectivity index (χ3n) is 1.86. The second-order valence-electron chi connectivity index (χ2n) is 2.69. The Kier molecular flexibility index (Phi) is 1.69. The Hall–Kier alpha value is -1.92. The standard InChI is InChI=1S/C11H7NO/c1-2-5-10-11(13)8-6-3-4-7-9(8)12-10/h3-7H,1H2. The number of benzene rings is 1. The number of aliphatic imine (C=N–C) groups is 1. The fraction of sp³-hybridized carbons (Fsp3) is 0. The summed E-state index contributed by atoms with van der Waals surface area (Å²) in [5, 5.41) is 0. The van der Waals surface area contributed by atoms with Crippen LogP contribution < -0.4 is 0 Å². The number of allylic oxidation sites excluding steroid dienone is 1. The Balaban J connectivity index is 2.56. The van der Waals surface area contributed by atoms with Crippen LogP contribution in [0.15, 0.2) is 47.6 Å². The molecule has 1 heterocycles. The molecule has 13 heavy (non-hydrogen) atoms. The van der Waals surface area contributed by atoms with Crippen LogP contribution in [0.3, 0.4) is 0 Å². The van der Waals surface area contributed by atoms with Gasteiger partial charge in [0, 0.05) is 11.6 Å². The summed E-state index contributed by atoms with van der Waals surface area (Å²) >= 11 is 0. The quantitative estimate of drug-likeness (QED) is 0.593. The van der Waals surface area contributed by atoms with Gasteiger partial charge in [-0.2, -0.15) is 0 Å². The predicted octanol–water partition coefficient (Wildman–Crippen LogP) is 2.30. The first-order valence-electron chi connectivity index (χ1n) is 3.91. The summed E-state index contributed by atoms with van der Waals surface area (Å²) in [6.07, 6.45) is 1.50. The maximum absolute atomic E-state index is 11.6. The summed E-state index contributed by atoms with van der Waals surface area (Å²) in [5.74, 6) is -0.0493. The molecular formula is C11H7NO. The molecule has 62 valence electrons. The van der Waals surface area contributed by atoms with Gasteiger partial charge in [-0.15, -0.1) is 5.73 Å². The molecule has 1 aromatic carbocycles. The van der Waals surface area contributed by atoms with Gasteiger partial charge in [-0.25, -0.2) is 4.99 Å². The third-order valence-corrected chi connectivity index (χ3v) is 1.86. The molecule has 0 bridgehead atoms. The van der Waals surface area contributed by atoms with Crippen molar-refractivity contribution in [3.8, 4) is 0 Å². The van der Waals surface area contributed by atoms with Gasteiger partial charge in [-0.1, -0.05) is 18.7 Å². The first kappa shape index (κ1) is 7.71. The monoisotopic (exact) mass is 169 g/mol. The Morgan fingerprint density at radius 2 is 2.15 bits per heavy atom. The van der Waals surface area contributed by atoms with Crippen LogP contribution >= 0.6 is 0 Å². The molecule has 0 N–H and O–H groups in total. The molecule has 0 saturated heterocycles. The number of hydrogen-bond acceptors (Lipinski definition) is 2. The molecule has 0 fully saturated rings. The van der Waals surface area contributed by atoms with Gasteiger partial charge in [0.05, 0.1) is 5.69 Å². The van der Waals surface area contributed by atoms with E-state index in [0.717, 1.165) is 5.69 Å². The van der Waals surface area contributed by atoms with Crippen molar-refractivity contribution in [1.82, 2.24) is 0 Å². The highest BCUT2D eigenvalue weighted by atomic mass is 16.1. The van der Waals surface area contributed by atoms with E-state index >= 15 is 0 Å². The molecule has 2 heteroatoms. The Bertz CT molecular complexity index is 451. The van der Waals surface area contributed by atoms with Gasteiger partial charge in [0.25, 0.3) is 0 Å². The molecule has 0 spiro atoms. The van der Waals surface area contributed by atoms with Crippen molar-refractivity contribution in [1.29, 1.82) is 0 Å². The lowest BCUT2D eigenvalue weighted by atomic mass is 10.1. The normalized spacial score (nSPS) is 13.2. The second-order valence-corrected chi connectivity index (χ2v) is 2.69. The van der Waals surface area contributed by atoms with Crippen LogP contribution in [0.4, 0.5) is 5.69 Å². The fourth-order valence-electron chi connectivity index (χ4n) is 1.28. The van der Waals surface area contributed by atoms with Gasteiger partial charge in [0.2, 0.25) is 5.78 Å². The number of hydrogen-bond donors (Lipinski definition) is 0. The maximum atomic E-state index is 11.6. The smallest absolute Gasteiger partial charge is 0.214 e. The number of para-hydroxylation sites is 1. The van der Waals surface area contributed by atoms with Crippen LogP contribution in [0, 0.1) is 0 Å². The minimum absolute atomic E-state index is 0.0493. The maximum Gasteiger partial charge on any atom is 0.214 e. The third kappa shape index (κ3) is 1.13. The summed E-state index contributed by atoms with van der Waals surface area (Å²) in [4.78, 5) is 15.7. The first-order chi connectivity index (χ1) is 6.33. The molecular weight excluding hydrogens is 162 g/mol. The lowest BCUT2D eigenvalue weighted by molar-refractivity contribution is 0.107. The van der Waals surface area contributed by atoms with E-state index in [2.05, 4.69) is 17.3 Å². The van der Waals surface area contributed by atoms with E-state index in [1.165, 1.54) is 6.08 Å². The van der Waals surface area contributed by atoms with Crippen molar-refractivity contribution < 1.29 is 4.79 Å². The van der Waals surface area contributed by atoms with Crippen molar-refractivity contribution in [3.05, 3.63) is 48.2 Å². The van der Waals surface area contributed by atoms with Crippen LogP contribution in [0.1, 0.15) is 10.4 Å². The van der Waals surface area contributed by atoms with E-state index in [1.54, 1.807) is 6.07 Å². The molecule has 0 radical (unpaired) electrons. The highest BCUT2D eigenvalue weighted by Gasteiger charge is 2.21. The van der Waals surface area contributed by atoms with E-state index < -0.39 is 0 Å². The van der Waals surface area contributed by atoms with E-state index in [4.69, 9.17) is 0 Å². The van der Waals surface area contributed by atoms with Gasteiger partial charge in [-0.05, 0) is 12.1 Å². The number of nitrogens with zero attached hydrogens (tertiary/aromatic N) is 1. The predicted molar refractivity (Wildman–Crippen MR) is 51.6 cm³/mol. The van der Waals surface area contributed by atoms with E-state index in [-0.39, 0.29) is 5.78 Å². The minimum Gasteiger partial charge on any atom is -0.287 e. The summed E-state index contributed by atoms with van der Waals surface area (Å²) in [6, 6.07) is 7.27. The van der Waals surface area contributed by atoms with Crippen LogP contribution in [0.25, 0.3) is 0 Å². The summed E-state index contributed by atoms with van der Waals surface area (Å²) in [6.45, 7) is 3.41. The number of rotatable bonds is 1. The van der Waals surface area contributed by atoms with Crippen LogP contribution in [-0.4, -0.2) is 11.5 Å². The number of carbonyl (C=O) groups excluding carboxylic acids is 1. The molecule has 0 aliphatic carbocycles. The Morgan fingerprint density at radius 1 is 1.38 bits per heavy atom. The van der Waals surface area contributed by atoms with Crippen molar-refractivity contribution in [2.24, 2.45) is 4.99 Å². The van der Waals surface area contributed by atoms with Crippen LogP contribution in [0.2, 0.25) is 0 Å². The molecule has 1 aliphatic heterocycles.